The summed E-state index contributed by atoms with van der Waals surface area (Å²) >= 11 is 5.71. The highest BCUT2D eigenvalue weighted by molar-refractivity contribution is 6.30. The highest BCUT2D eigenvalue weighted by atomic mass is 35.5. The first-order chi connectivity index (χ1) is 8.21. The zero-order valence-corrected chi connectivity index (χ0v) is 10.7. The minimum atomic E-state index is -4.83. The van der Waals surface area contributed by atoms with E-state index in [1.54, 1.807) is 31.2 Å². The standard InChI is InChI=1S/C12H13ClF3NO/c1-8(17(2)11(18)12(14,15)16)7-9-3-5-10(13)6-4-9/h3-6,8H,7H2,1-2H3. The molecule has 1 atom stereocenters. The van der Waals surface area contributed by atoms with Gasteiger partial charge in [-0.3, -0.25) is 4.79 Å². The highest BCUT2D eigenvalue weighted by Crippen LogP contribution is 2.20. The van der Waals surface area contributed by atoms with E-state index in [2.05, 4.69) is 0 Å². The van der Waals surface area contributed by atoms with Crippen LogP contribution in [-0.4, -0.2) is 30.1 Å². The van der Waals surface area contributed by atoms with Crippen molar-refractivity contribution in [3.05, 3.63) is 34.9 Å². The van der Waals surface area contributed by atoms with Crippen LogP contribution in [0.3, 0.4) is 0 Å². The van der Waals surface area contributed by atoms with Crippen LogP contribution in [-0.2, 0) is 11.2 Å². The van der Waals surface area contributed by atoms with Crippen molar-refractivity contribution >= 4 is 17.5 Å². The number of likely N-dealkylation sites (N-methyl/N-ethyl adjacent to an activating group) is 1. The van der Waals surface area contributed by atoms with Crippen molar-refractivity contribution in [1.29, 1.82) is 0 Å². The van der Waals surface area contributed by atoms with E-state index < -0.39 is 18.1 Å². The molecule has 1 unspecified atom stereocenters. The van der Waals surface area contributed by atoms with Crippen LogP contribution in [0.25, 0.3) is 0 Å². The molecule has 0 radical (unpaired) electrons. The van der Waals surface area contributed by atoms with Gasteiger partial charge >= 0.3 is 12.1 Å². The van der Waals surface area contributed by atoms with Crippen LogP contribution in [0.2, 0.25) is 5.02 Å². The molecule has 0 aliphatic heterocycles. The molecule has 0 bridgehead atoms. The van der Waals surface area contributed by atoms with Crippen LogP contribution in [0.4, 0.5) is 13.2 Å². The fourth-order valence-corrected chi connectivity index (χ4v) is 1.62. The second-order valence-corrected chi connectivity index (χ2v) is 4.53. The van der Waals surface area contributed by atoms with Gasteiger partial charge in [0.15, 0.2) is 0 Å². The van der Waals surface area contributed by atoms with Gasteiger partial charge in [-0.25, -0.2) is 0 Å². The molecule has 0 saturated heterocycles. The van der Waals surface area contributed by atoms with Crippen LogP contribution in [0.5, 0.6) is 0 Å². The van der Waals surface area contributed by atoms with Crippen molar-refractivity contribution in [3.63, 3.8) is 0 Å². The molecule has 2 nitrogen and oxygen atoms in total. The lowest BCUT2D eigenvalue weighted by atomic mass is 10.1. The van der Waals surface area contributed by atoms with Gasteiger partial charge in [-0.2, -0.15) is 13.2 Å². The smallest absolute Gasteiger partial charge is 0.335 e. The Kier molecular flexibility index (Phi) is 4.62. The second kappa shape index (κ2) is 5.61. The van der Waals surface area contributed by atoms with Crippen LogP contribution in [0, 0.1) is 0 Å². The summed E-state index contributed by atoms with van der Waals surface area (Å²) in [6.07, 6.45) is -4.49. The maximum absolute atomic E-state index is 12.2. The Bertz CT molecular complexity index is 416. The van der Waals surface area contributed by atoms with Crippen LogP contribution < -0.4 is 0 Å². The molecule has 0 heterocycles. The van der Waals surface area contributed by atoms with E-state index >= 15 is 0 Å². The summed E-state index contributed by atoms with van der Waals surface area (Å²) in [6.45, 7) is 1.57. The summed E-state index contributed by atoms with van der Waals surface area (Å²) < 4.78 is 36.7. The number of benzene rings is 1. The molecule has 6 heteroatoms. The average Bonchev–Trinajstić information content (AvgIpc) is 2.29. The number of carbonyl (C=O) groups is 1. The minimum Gasteiger partial charge on any atom is -0.335 e. The topological polar surface area (TPSA) is 20.3 Å². The van der Waals surface area contributed by atoms with Gasteiger partial charge in [0.05, 0.1) is 0 Å². The molecule has 0 aliphatic carbocycles. The van der Waals surface area contributed by atoms with Crippen molar-refractivity contribution < 1.29 is 18.0 Å². The van der Waals surface area contributed by atoms with Crippen LogP contribution in [0.1, 0.15) is 12.5 Å². The lowest BCUT2D eigenvalue weighted by Gasteiger charge is -2.25. The van der Waals surface area contributed by atoms with E-state index in [0.717, 1.165) is 12.6 Å². The van der Waals surface area contributed by atoms with Crippen LogP contribution in [0.15, 0.2) is 24.3 Å². The zero-order chi connectivity index (χ0) is 13.9. The molecule has 1 rings (SSSR count). The Morgan fingerprint density at radius 3 is 2.28 bits per heavy atom. The van der Waals surface area contributed by atoms with E-state index in [9.17, 15) is 18.0 Å². The second-order valence-electron chi connectivity index (χ2n) is 4.09. The fraction of sp³-hybridized carbons (Fsp3) is 0.417. The van der Waals surface area contributed by atoms with E-state index in [4.69, 9.17) is 11.6 Å². The predicted molar refractivity (Wildman–Crippen MR) is 63.4 cm³/mol. The lowest BCUT2D eigenvalue weighted by Crippen LogP contribution is -2.44. The van der Waals surface area contributed by atoms with E-state index in [0.29, 0.717) is 16.3 Å². The monoisotopic (exact) mass is 279 g/mol. The number of alkyl halides is 3. The summed E-state index contributed by atoms with van der Waals surface area (Å²) in [7, 11) is 1.15. The molecule has 0 saturated carbocycles. The number of halogens is 4. The Hall–Kier alpha value is -1.23. The molecule has 0 N–H and O–H groups in total. The summed E-state index contributed by atoms with van der Waals surface area (Å²) in [4.78, 5) is 11.7. The van der Waals surface area contributed by atoms with E-state index in [1.807, 2.05) is 0 Å². The molecule has 1 aromatic rings. The quantitative estimate of drug-likeness (QED) is 0.831. The van der Waals surface area contributed by atoms with Crippen molar-refractivity contribution in [1.82, 2.24) is 4.90 Å². The maximum Gasteiger partial charge on any atom is 0.471 e. The Balaban J connectivity index is 2.68. The molecule has 18 heavy (non-hydrogen) atoms. The van der Waals surface area contributed by atoms with E-state index in [1.165, 1.54) is 0 Å². The maximum atomic E-state index is 12.2. The predicted octanol–water partition coefficient (Wildman–Crippen LogP) is 3.29. The normalized spacial score (nSPS) is 13.2. The third kappa shape index (κ3) is 3.91. The van der Waals surface area contributed by atoms with Crippen molar-refractivity contribution in [3.8, 4) is 0 Å². The van der Waals surface area contributed by atoms with Gasteiger partial charge in [0, 0.05) is 18.1 Å². The van der Waals surface area contributed by atoms with Gasteiger partial charge in [-0.15, -0.1) is 0 Å². The Morgan fingerprint density at radius 2 is 1.83 bits per heavy atom. The zero-order valence-electron chi connectivity index (χ0n) is 9.96. The first-order valence-corrected chi connectivity index (χ1v) is 5.68. The molecule has 0 spiro atoms. The summed E-state index contributed by atoms with van der Waals surface area (Å²) in [5, 5.41) is 0.561. The van der Waals surface area contributed by atoms with Crippen molar-refractivity contribution in [2.24, 2.45) is 0 Å². The fourth-order valence-electron chi connectivity index (χ4n) is 1.50. The molecule has 100 valence electrons. The third-order valence-corrected chi connectivity index (χ3v) is 2.92. The summed E-state index contributed by atoms with van der Waals surface area (Å²) in [5.74, 6) is -1.83. The largest absolute Gasteiger partial charge is 0.471 e. The third-order valence-electron chi connectivity index (χ3n) is 2.67. The highest BCUT2D eigenvalue weighted by Gasteiger charge is 2.42. The first kappa shape index (κ1) is 14.8. The molecular weight excluding hydrogens is 267 g/mol. The van der Waals surface area contributed by atoms with Crippen LogP contribution >= 0.6 is 11.6 Å². The molecule has 0 aliphatic rings. The minimum absolute atomic E-state index is 0.343. The Labute approximate surface area is 108 Å². The number of amides is 1. The number of rotatable bonds is 3. The van der Waals surface area contributed by atoms with Gasteiger partial charge in [0.1, 0.15) is 0 Å². The van der Waals surface area contributed by atoms with Gasteiger partial charge in [0.2, 0.25) is 0 Å². The van der Waals surface area contributed by atoms with Gasteiger partial charge in [0.25, 0.3) is 0 Å². The summed E-state index contributed by atoms with van der Waals surface area (Å²) in [6, 6.07) is 6.24. The van der Waals surface area contributed by atoms with Gasteiger partial charge in [-0.1, -0.05) is 23.7 Å². The van der Waals surface area contributed by atoms with Gasteiger partial charge < -0.3 is 4.90 Å². The average molecular weight is 280 g/mol. The van der Waals surface area contributed by atoms with Crippen molar-refractivity contribution in [2.45, 2.75) is 25.6 Å². The molecule has 1 amide bonds. The number of carbonyl (C=O) groups excluding carboxylic acids is 1. The number of hydrogen-bond donors (Lipinski definition) is 0. The molecule has 1 aromatic carbocycles. The van der Waals surface area contributed by atoms with Crippen molar-refractivity contribution in [2.75, 3.05) is 7.05 Å². The molecule has 0 fully saturated rings. The van der Waals surface area contributed by atoms with Gasteiger partial charge in [-0.05, 0) is 31.0 Å². The SMILES string of the molecule is CC(Cc1ccc(Cl)cc1)N(C)C(=O)C(F)(F)F. The molecule has 0 aromatic heterocycles. The number of hydrogen-bond acceptors (Lipinski definition) is 1. The first-order valence-electron chi connectivity index (χ1n) is 5.30. The lowest BCUT2D eigenvalue weighted by molar-refractivity contribution is -0.185. The Morgan fingerprint density at radius 1 is 1.33 bits per heavy atom. The molecular formula is C12H13ClF3NO. The number of nitrogens with zero attached hydrogens (tertiary/aromatic N) is 1. The summed E-state index contributed by atoms with van der Waals surface area (Å²) in [5.41, 5.74) is 0.828. The van der Waals surface area contributed by atoms with E-state index in [-0.39, 0.29) is 0 Å².